The van der Waals surface area contributed by atoms with E-state index in [1.165, 1.54) is 16.2 Å². The van der Waals surface area contributed by atoms with Gasteiger partial charge in [-0.05, 0) is 44.7 Å². The summed E-state index contributed by atoms with van der Waals surface area (Å²) in [7, 11) is 0. The van der Waals surface area contributed by atoms with Crippen molar-refractivity contribution < 1.29 is 9.53 Å². The third-order valence-electron chi connectivity index (χ3n) is 2.82. The maximum absolute atomic E-state index is 12.4. The highest BCUT2D eigenvalue weighted by atomic mass is 32.2. The Balaban J connectivity index is 2.39. The minimum atomic E-state index is -0.536. The van der Waals surface area contributed by atoms with E-state index in [1.807, 2.05) is 56.7 Å². The predicted molar refractivity (Wildman–Crippen MR) is 91.1 cm³/mol. The number of hydrogen-bond acceptors (Lipinski definition) is 5. The maximum Gasteiger partial charge on any atom is 0.342 e. The molecular formula is C16H19NO2S2. The molecule has 1 heterocycles. The van der Waals surface area contributed by atoms with Gasteiger partial charge in [-0.15, -0.1) is 23.1 Å². The van der Waals surface area contributed by atoms with Crippen LogP contribution in [-0.2, 0) is 4.74 Å². The fraction of sp³-hybridized carbons (Fsp3) is 0.312. The Kier molecular flexibility index (Phi) is 4.64. The van der Waals surface area contributed by atoms with Crippen molar-refractivity contribution in [1.82, 2.24) is 0 Å². The van der Waals surface area contributed by atoms with Gasteiger partial charge in [0.25, 0.3) is 0 Å². The smallest absolute Gasteiger partial charge is 0.342 e. The van der Waals surface area contributed by atoms with Crippen LogP contribution in [0.4, 0.5) is 5.00 Å². The first-order chi connectivity index (χ1) is 9.81. The first-order valence-electron chi connectivity index (χ1n) is 6.56. The fourth-order valence-corrected chi connectivity index (χ4v) is 3.11. The standard InChI is InChI=1S/C16H19NO2S2/c1-16(2,3)19-15(18)13-12(9-21-14(13)17)10-5-7-11(20-4)8-6-10/h5-9H,17H2,1-4H3. The minimum Gasteiger partial charge on any atom is -0.456 e. The van der Waals surface area contributed by atoms with Crippen LogP contribution in [-0.4, -0.2) is 17.8 Å². The number of esters is 1. The average Bonchev–Trinajstić information content (AvgIpc) is 2.79. The molecule has 112 valence electrons. The third kappa shape index (κ3) is 3.80. The summed E-state index contributed by atoms with van der Waals surface area (Å²) in [6.07, 6.45) is 2.03. The zero-order valence-electron chi connectivity index (χ0n) is 12.6. The lowest BCUT2D eigenvalue weighted by atomic mass is 10.0. The Morgan fingerprint density at radius 3 is 2.38 bits per heavy atom. The van der Waals surface area contributed by atoms with Crippen molar-refractivity contribution in [3.63, 3.8) is 0 Å². The highest BCUT2D eigenvalue weighted by Crippen LogP contribution is 2.35. The first kappa shape index (κ1) is 15.9. The normalized spacial score (nSPS) is 11.4. The second-order valence-corrected chi connectivity index (χ2v) is 7.41. The van der Waals surface area contributed by atoms with Gasteiger partial charge in [-0.2, -0.15) is 0 Å². The minimum absolute atomic E-state index is 0.370. The molecule has 0 saturated heterocycles. The molecule has 0 aliphatic carbocycles. The lowest BCUT2D eigenvalue weighted by molar-refractivity contribution is 0.00722. The molecule has 0 fully saturated rings. The van der Waals surface area contributed by atoms with Gasteiger partial charge in [0.05, 0.1) is 0 Å². The molecule has 0 spiro atoms. The number of benzene rings is 1. The molecule has 3 nitrogen and oxygen atoms in total. The van der Waals surface area contributed by atoms with Gasteiger partial charge >= 0.3 is 5.97 Å². The molecular weight excluding hydrogens is 302 g/mol. The van der Waals surface area contributed by atoms with Gasteiger partial charge in [-0.3, -0.25) is 0 Å². The van der Waals surface area contributed by atoms with Crippen molar-refractivity contribution in [3.8, 4) is 11.1 Å². The number of rotatable bonds is 3. The first-order valence-corrected chi connectivity index (χ1v) is 8.67. The van der Waals surface area contributed by atoms with Gasteiger partial charge in [-0.1, -0.05) is 12.1 Å². The molecule has 0 unspecified atom stereocenters. The average molecular weight is 321 g/mol. The molecule has 2 aromatic rings. The van der Waals surface area contributed by atoms with E-state index >= 15 is 0 Å². The van der Waals surface area contributed by atoms with Crippen LogP contribution in [0.25, 0.3) is 11.1 Å². The van der Waals surface area contributed by atoms with E-state index in [1.54, 1.807) is 11.8 Å². The van der Waals surface area contributed by atoms with Crippen LogP contribution in [0.2, 0.25) is 0 Å². The van der Waals surface area contributed by atoms with Crippen LogP contribution < -0.4 is 5.73 Å². The van der Waals surface area contributed by atoms with Crippen LogP contribution in [0.5, 0.6) is 0 Å². The quantitative estimate of drug-likeness (QED) is 0.659. The summed E-state index contributed by atoms with van der Waals surface area (Å²) in [5.41, 5.74) is 7.70. The molecule has 2 rings (SSSR count). The van der Waals surface area contributed by atoms with E-state index in [0.29, 0.717) is 10.6 Å². The van der Waals surface area contributed by atoms with Gasteiger partial charge < -0.3 is 10.5 Å². The Hall–Kier alpha value is -1.46. The Morgan fingerprint density at radius 1 is 1.24 bits per heavy atom. The summed E-state index contributed by atoms with van der Waals surface area (Å²) in [5, 5.41) is 2.40. The molecule has 0 radical (unpaired) electrons. The molecule has 0 amide bonds. The number of nitrogen functional groups attached to an aromatic ring is 1. The monoisotopic (exact) mass is 321 g/mol. The van der Waals surface area contributed by atoms with Crippen molar-refractivity contribution in [2.24, 2.45) is 0 Å². The van der Waals surface area contributed by atoms with Gasteiger partial charge in [0.2, 0.25) is 0 Å². The SMILES string of the molecule is CSc1ccc(-c2csc(N)c2C(=O)OC(C)(C)C)cc1. The number of nitrogens with two attached hydrogens (primary N) is 1. The highest BCUT2D eigenvalue weighted by Gasteiger charge is 2.24. The zero-order valence-corrected chi connectivity index (χ0v) is 14.2. The van der Waals surface area contributed by atoms with Crippen LogP contribution >= 0.6 is 23.1 Å². The number of ether oxygens (including phenoxy) is 1. The molecule has 0 saturated carbocycles. The Morgan fingerprint density at radius 2 is 1.86 bits per heavy atom. The molecule has 0 aliphatic heterocycles. The van der Waals surface area contributed by atoms with E-state index in [0.717, 1.165) is 11.1 Å². The van der Waals surface area contributed by atoms with Gasteiger partial charge in [-0.25, -0.2) is 4.79 Å². The van der Waals surface area contributed by atoms with E-state index < -0.39 is 5.60 Å². The summed E-state index contributed by atoms with van der Waals surface area (Å²) < 4.78 is 5.45. The Labute approximate surface area is 133 Å². The van der Waals surface area contributed by atoms with Crippen LogP contribution in [0.1, 0.15) is 31.1 Å². The van der Waals surface area contributed by atoms with Gasteiger partial charge in [0, 0.05) is 15.8 Å². The number of carbonyl (C=O) groups is 1. The lowest BCUT2D eigenvalue weighted by Gasteiger charge is -2.20. The molecule has 1 aromatic carbocycles. The largest absolute Gasteiger partial charge is 0.456 e. The van der Waals surface area contributed by atoms with Crippen LogP contribution in [0, 0.1) is 0 Å². The summed E-state index contributed by atoms with van der Waals surface area (Å²) in [6.45, 7) is 5.54. The van der Waals surface area contributed by atoms with E-state index in [9.17, 15) is 4.79 Å². The lowest BCUT2D eigenvalue weighted by Crippen LogP contribution is -2.24. The molecule has 21 heavy (non-hydrogen) atoms. The number of thiophene rings is 1. The fourth-order valence-electron chi connectivity index (χ4n) is 1.90. The molecule has 0 bridgehead atoms. The molecule has 0 atom stereocenters. The number of thioether (sulfide) groups is 1. The summed E-state index contributed by atoms with van der Waals surface area (Å²) in [6, 6.07) is 8.07. The van der Waals surface area contributed by atoms with Crippen molar-refractivity contribution in [1.29, 1.82) is 0 Å². The van der Waals surface area contributed by atoms with Crippen LogP contribution in [0.15, 0.2) is 34.5 Å². The van der Waals surface area contributed by atoms with E-state index in [4.69, 9.17) is 10.5 Å². The molecule has 2 N–H and O–H groups in total. The van der Waals surface area contributed by atoms with Crippen molar-refractivity contribution in [2.45, 2.75) is 31.3 Å². The predicted octanol–water partition coefficient (Wildman–Crippen LogP) is 4.67. The summed E-state index contributed by atoms with van der Waals surface area (Å²) >= 11 is 3.04. The third-order valence-corrected chi connectivity index (χ3v) is 4.38. The highest BCUT2D eigenvalue weighted by molar-refractivity contribution is 7.98. The maximum atomic E-state index is 12.4. The van der Waals surface area contributed by atoms with Crippen molar-refractivity contribution >= 4 is 34.1 Å². The van der Waals surface area contributed by atoms with Gasteiger partial charge in [0.1, 0.15) is 16.2 Å². The number of anilines is 1. The van der Waals surface area contributed by atoms with Crippen molar-refractivity contribution in [2.75, 3.05) is 12.0 Å². The molecule has 5 heteroatoms. The Bertz CT molecular complexity index is 639. The van der Waals surface area contributed by atoms with Crippen LogP contribution in [0.3, 0.4) is 0 Å². The second-order valence-electron chi connectivity index (χ2n) is 5.62. The molecule has 0 aliphatic rings. The summed E-state index contributed by atoms with van der Waals surface area (Å²) in [4.78, 5) is 13.5. The second kappa shape index (κ2) is 6.12. The summed E-state index contributed by atoms with van der Waals surface area (Å²) in [5.74, 6) is -0.370. The zero-order chi connectivity index (χ0) is 15.6. The van der Waals surface area contributed by atoms with Crippen molar-refractivity contribution in [3.05, 3.63) is 35.2 Å². The van der Waals surface area contributed by atoms with E-state index in [-0.39, 0.29) is 5.97 Å². The number of hydrogen-bond donors (Lipinski definition) is 1. The topological polar surface area (TPSA) is 52.3 Å². The molecule has 1 aromatic heterocycles. The number of carbonyl (C=O) groups excluding carboxylic acids is 1. The van der Waals surface area contributed by atoms with E-state index in [2.05, 4.69) is 0 Å². The van der Waals surface area contributed by atoms with Gasteiger partial charge in [0.15, 0.2) is 0 Å².